The summed E-state index contributed by atoms with van der Waals surface area (Å²) >= 11 is 0. The first-order chi connectivity index (χ1) is 16.1. The Morgan fingerprint density at radius 1 is 0.636 bits per heavy atom. The number of aliphatic imine (C=N–C) groups is 4. The predicted molar refractivity (Wildman–Crippen MR) is 132 cm³/mol. The molecule has 158 valence electrons. The third kappa shape index (κ3) is 3.68. The zero-order chi connectivity index (χ0) is 22.4. The van der Waals surface area contributed by atoms with Crippen molar-refractivity contribution < 1.29 is 9.84 Å². The molecule has 0 unspecified atom stereocenters. The molecule has 6 heteroatoms. The monoisotopic (exact) mass is 430 g/mol. The molecule has 0 aliphatic carbocycles. The lowest BCUT2D eigenvalue weighted by atomic mass is 10.0. The molecule has 5 heterocycles. The Morgan fingerprint density at radius 3 is 1.82 bits per heavy atom. The summed E-state index contributed by atoms with van der Waals surface area (Å²) in [7, 11) is 1.53. The number of hydrogen-bond donors (Lipinski definition) is 1. The van der Waals surface area contributed by atoms with Crippen molar-refractivity contribution in [1.82, 2.24) is 0 Å². The van der Waals surface area contributed by atoms with Crippen molar-refractivity contribution in [2.45, 2.75) is 0 Å². The average molecular weight is 430 g/mol. The molecule has 1 aromatic rings. The van der Waals surface area contributed by atoms with E-state index in [0.29, 0.717) is 5.75 Å². The highest BCUT2D eigenvalue weighted by Gasteiger charge is 2.19. The highest BCUT2D eigenvalue weighted by Crippen LogP contribution is 2.35. The van der Waals surface area contributed by atoms with Crippen LogP contribution in [0.15, 0.2) is 128 Å². The van der Waals surface area contributed by atoms with Crippen molar-refractivity contribution >= 4 is 28.4 Å². The standard InChI is InChI=1S/C27H18N4O2/c1-33-27-10-16(2-9-26(27)32)24-14-23-13-21-6-5-19(29-21)11-17-3-4-18(28-17)12-20-7-8-22(30-20)15-25(24)31-23/h2-15,32H,1H3. The SMILES string of the molecule is COc1cc(C2=CC3=NC2=CC2=NC(=CC4=NC(=CC5=NC(=C3)C=C5)C=C4)C=C2)ccc1O. The third-order valence-corrected chi connectivity index (χ3v) is 5.53. The second kappa shape index (κ2) is 7.53. The molecular weight excluding hydrogens is 412 g/mol. The highest BCUT2D eigenvalue weighted by molar-refractivity contribution is 6.19. The van der Waals surface area contributed by atoms with Crippen LogP contribution >= 0.6 is 0 Å². The molecule has 0 amide bonds. The molecule has 33 heavy (non-hydrogen) atoms. The first-order valence-electron chi connectivity index (χ1n) is 10.5. The molecule has 0 saturated carbocycles. The molecular formula is C27H18N4O2. The van der Waals surface area contributed by atoms with E-state index in [1.165, 1.54) is 7.11 Å². The number of fused-ring (bicyclic) bond motifs is 4. The van der Waals surface area contributed by atoms with Gasteiger partial charge in [-0.15, -0.1) is 0 Å². The predicted octanol–water partition coefficient (Wildman–Crippen LogP) is 4.82. The van der Waals surface area contributed by atoms with E-state index in [9.17, 15) is 5.11 Å². The Morgan fingerprint density at radius 2 is 1.21 bits per heavy atom. The fraction of sp³-hybridized carbons (Fsp3) is 0.0370. The summed E-state index contributed by atoms with van der Waals surface area (Å²) in [4.78, 5) is 18.9. The fourth-order valence-corrected chi connectivity index (χ4v) is 3.97. The van der Waals surface area contributed by atoms with Gasteiger partial charge in [0.2, 0.25) is 0 Å². The molecule has 0 spiro atoms. The van der Waals surface area contributed by atoms with Gasteiger partial charge in [-0.2, -0.15) is 0 Å². The van der Waals surface area contributed by atoms with Crippen LogP contribution in [0.4, 0.5) is 0 Å². The minimum Gasteiger partial charge on any atom is -0.504 e. The zero-order valence-electron chi connectivity index (χ0n) is 17.7. The van der Waals surface area contributed by atoms with Gasteiger partial charge in [0.25, 0.3) is 0 Å². The van der Waals surface area contributed by atoms with Crippen LogP contribution < -0.4 is 4.74 Å². The highest BCUT2D eigenvalue weighted by atomic mass is 16.5. The van der Waals surface area contributed by atoms with Gasteiger partial charge in [0.15, 0.2) is 11.5 Å². The van der Waals surface area contributed by atoms with Crippen molar-refractivity contribution in [2.24, 2.45) is 20.0 Å². The lowest BCUT2D eigenvalue weighted by Crippen LogP contribution is -1.92. The van der Waals surface area contributed by atoms with E-state index in [4.69, 9.17) is 14.7 Å². The van der Waals surface area contributed by atoms with Gasteiger partial charge in [0, 0.05) is 5.57 Å². The molecule has 0 aromatic heterocycles. The summed E-state index contributed by atoms with van der Waals surface area (Å²) in [6, 6.07) is 5.28. The Hall–Kier alpha value is -4.58. The molecule has 0 atom stereocenters. The van der Waals surface area contributed by atoms with Crippen molar-refractivity contribution in [3.05, 3.63) is 113 Å². The molecule has 6 rings (SSSR count). The number of methoxy groups -OCH3 is 1. The van der Waals surface area contributed by atoms with Gasteiger partial charge >= 0.3 is 0 Å². The Bertz CT molecular complexity index is 1480. The molecule has 8 bridgehead atoms. The van der Waals surface area contributed by atoms with Gasteiger partial charge in [-0.1, -0.05) is 6.07 Å². The quantitative estimate of drug-likeness (QED) is 0.730. The van der Waals surface area contributed by atoms with Gasteiger partial charge in [0.1, 0.15) is 0 Å². The lowest BCUT2D eigenvalue weighted by molar-refractivity contribution is 0.373. The van der Waals surface area contributed by atoms with Crippen LogP contribution in [0, 0.1) is 0 Å². The smallest absolute Gasteiger partial charge is 0.161 e. The van der Waals surface area contributed by atoms with E-state index in [-0.39, 0.29) is 5.75 Å². The first kappa shape index (κ1) is 19.1. The molecule has 5 aliphatic heterocycles. The molecule has 0 saturated heterocycles. The molecule has 1 aromatic carbocycles. The molecule has 0 radical (unpaired) electrons. The third-order valence-electron chi connectivity index (χ3n) is 5.53. The molecule has 0 fully saturated rings. The second-order valence-corrected chi connectivity index (χ2v) is 7.83. The number of aromatic hydroxyl groups is 1. The summed E-state index contributed by atoms with van der Waals surface area (Å²) in [5.74, 6) is 0.501. The number of nitrogens with zero attached hydrogens (tertiary/aromatic N) is 4. The first-order valence-corrected chi connectivity index (χ1v) is 10.5. The Kier molecular flexibility index (Phi) is 4.36. The van der Waals surface area contributed by atoms with E-state index < -0.39 is 0 Å². The average Bonchev–Trinajstić information content (AvgIpc) is 3.59. The maximum atomic E-state index is 10.0. The van der Waals surface area contributed by atoms with E-state index in [1.807, 2.05) is 72.9 Å². The van der Waals surface area contributed by atoms with E-state index in [2.05, 4.69) is 9.98 Å². The van der Waals surface area contributed by atoms with Gasteiger partial charge < -0.3 is 9.84 Å². The normalized spacial score (nSPS) is 19.8. The summed E-state index contributed by atoms with van der Waals surface area (Å²) in [6.07, 6.45) is 21.6. The van der Waals surface area contributed by atoms with Crippen molar-refractivity contribution in [3.63, 3.8) is 0 Å². The molecule has 5 aliphatic rings. The molecule has 6 nitrogen and oxygen atoms in total. The van der Waals surface area contributed by atoms with Crippen LogP contribution in [-0.2, 0) is 0 Å². The maximum Gasteiger partial charge on any atom is 0.161 e. The van der Waals surface area contributed by atoms with Crippen LogP contribution in [0.1, 0.15) is 5.56 Å². The number of ether oxygens (including phenoxy) is 1. The van der Waals surface area contributed by atoms with Crippen molar-refractivity contribution in [2.75, 3.05) is 7.11 Å². The Labute approximate surface area is 190 Å². The number of benzene rings is 1. The van der Waals surface area contributed by atoms with Crippen LogP contribution in [0.3, 0.4) is 0 Å². The minimum atomic E-state index is 0.0929. The molecule has 1 N–H and O–H groups in total. The van der Waals surface area contributed by atoms with E-state index >= 15 is 0 Å². The van der Waals surface area contributed by atoms with Gasteiger partial charge in [0.05, 0.1) is 52.7 Å². The number of phenols is 1. The van der Waals surface area contributed by atoms with E-state index in [0.717, 1.165) is 56.8 Å². The summed E-state index contributed by atoms with van der Waals surface area (Å²) in [6.45, 7) is 0. The van der Waals surface area contributed by atoms with Crippen LogP contribution in [-0.4, -0.2) is 35.1 Å². The van der Waals surface area contributed by atoms with Crippen molar-refractivity contribution in [3.8, 4) is 11.5 Å². The summed E-state index contributed by atoms with van der Waals surface area (Å²) in [5.41, 5.74) is 8.36. The van der Waals surface area contributed by atoms with Gasteiger partial charge in [-0.05, 0) is 84.5 Å². The summed E-state index contributed by atoms with van der Waals surface area (Å²) < 4.78 is 5.31. The van der Waals surface area contributed by atoms with Crippen LogP contribution in [0.5, 0.6) is 11.5 Å². The lowest BCUT2D eigenvalue weighted by Gasteiger charge is -2.08. The largest absolute Gasteiger partial charge is 0.504 e. The number of rotatable bonds is 2. The van der Waals surface area contributed by atoms with Crippen molar-refractivity contribution in [1.29, 1.82) is 0 Å². The second-order valence-electron chi connectivity index (χ2n) is 7.83. The van der Waals surface area contributed by atoms with Crippen LogP contribution in [0.2, 0.25) is 0 Å². The van der Waals surface area contributed by atoms with E-state index in [1.54, 1.807) is 12.1 Å². The topological polar surface area (TPSA) is 78.9 Å². The number of phenolic OH excluding ortho intramolecular Hbond substituents is 1. The minimum absolute atomic E-state index is 0.0929. The zero-order valence-corrected chi connectivity index (χ0v) is 17.7. The Balaban J connectivity index is 1.50. The number of hydrogen-bond acceptors (Lipinski definition) is 6. The summed E-state index contributed by atoms with van der Waals surface area (Å²) in [5, 5.41) is 10.0. The van der Waals surface area contributed by atoms with Crippen LogP contribution in [0.25, 0.3) is 5.57 Å². The maximum absolute atomic E-state index is 10.0. The van der Waals surface area contributed by atoms with Gasteiger partial charge in [-0.3, -0.25) is 0 Å². The van der Waals surface area contributed by atoms with Gasteiger partial charge in [-0.25, -0.2) is 20.0 Å². The fourth-order valence-electron chi connectivity index (χ4n) is 3.97. The number of allylic oxidation sites excluding steroid dienone is 12.